The summed E-state index contributed by atoms with van der Waals surface area (Å²) in [5.74, 6) is 0. The highest BCUT2D eigenvalue weighted by atomic mass is 16.5. The number of fused-ring (bicyclic) bond motifs is 1. The summed E-state index contributed by atoms with van der Waals surface area (Å²) in [6, 6.07) is 18.8. The first-order valence-electron chi connectivity index (χ1n) is 6.42. The Morgan fingerprint density at radius 1 is 1.00 bits per heavy atom. The molecule has 0 radical (unpaired) electrons. The molecule has 1 aliphatic rings. The minimum atomic E-state index is 0.162. The van der Waals surface area contributed by atoms with Gasteiger partial charge in [-0.05, 0) is 29.7 Å². The van der Waals surface area contributed by atoms with Gasteiger partial charge in [-0.1, -0.05) is 42.5 Å². The van der Waals surface area contributed by atoms with E-state index in [1.807, 2.05) is 18.2 Å². The van der Waals surface area contributed by atoms with Crippen LogP contribution in [0.5, 0.6) is 0 Å². The van der Waals surface area contributed by atoms with Gasteiger partial charge in [-0.3, -0.25) is 0 Å². The fourth-order valence-electron chi connectivity index (χ4n) is 2.41. The molecule has 1 unspecified atom stereocenters. The molecule has 1 aliphatic heterocycles. The van der Waals surface area contributed by atoms with Gasteiger partial charge in [0.2, 0.25) is 0 Å². The molecule has 0 aliphatic carbocycles. The Bertz CT molecular complexity index is 510. The normalized spacial score (nSPS) is 18.1. The van der Waals surface area contributed by atoms with Gasteiger partial charge in [-0.2, -0.15) is 0 Å². The van der Waals surface area contributed by atoms with Gasteiger partial charge < -0.3 is 10.1 Å². The molecule has 18 heavy (non-hydrogen) atoms. The Hall–Kier alpha value is -1.80. The van der Waals surface area contributed by atoms with Crippen LogP contribution in [0.25, 0.3) is 0 Å². The van der Waals surface area contributed by atoms with Gasteiger partial charge in [0.1, 0.15) is 0 Å². The number of nitrogens with one attached hydrogen (secondary N) is 1. The third-order valence-electron chi connectivity index (χ3n) is 3.36. The maximum absolute atomic E-state index is 5.86. The number of ether oxygens (including phenoxy) is 1. The molecular formula is C16H17NO. The van der Waals surface area contributed by atoms with Crippen molar-refractivity contribution < 1.29 is 4.74 Å². The van der Waals surface area contributed by atoms with Gasteiger partial charge >= 0.3 is 0 Å². The first-order valence-corrected chi connectivity index (χ1v) is 6.42. The highest BCUT2D eigenvalue weighted by molar-refractivity contribution is 5.43. The van der Waals surface area contributed by atoms with Crippen molar-refractivity contribution in [2.75, 3.05) is 18.5 Å². The van der Waals surface area contributed by atoms with Crippen LogP contribution in [0.1, 0.15) is 17.2 Å². The van der Waals surface area contributed by atoms with Crippen LogP contribution in [0.4, 0.5) is 5.69 Å². The van der Waals surface area contributed by atoms with Crippen LogP contribution in [0.15, 0.2) is 54.6 Å². The molecule has 2 aromatic carbocycles. The van der Waals surface area contributed by atoms with Crippen molar-refractivity contribution in [1.82, 2.24) is 0 Å². The molecule has 0 aromatic heterocycles. The van der Waals surface area contributed by atoms with Crippen LogP contribution >= 0.6 is 0 Å². The molecule has 2 aromatic rings. The van der Waals surface area contributed by atoms with E-state index < -0.39 is 0 Å². The lowest BCUT2D eigenvalue weighted by atomic mass is 9.97. The third kappa shape index (κ3) is 2.39. The van der Waals surface area contributed by atoms with E-state index in [4.69, 9.17) is 4.74 Å². The van der Waals surface area contributed by atoms with Crippen molar-refractivity contribution in [3.05, 3.63) is 65.7 Å². The van der Waals surface area contributed by atoms with Gasteiger partial charge in [-0.25, -0.2) is 0 Å². The van der Waals surface area contributed by atoms with E-state index in [-0.39, 0.29) is 6.10 Å². The fourth-order valence-corrected chi connectivity index (χ4v) is 2.41. The van der Waals surface area contributed by atoms with E-state index in [2.05, 4.69) is 41.7 Å². The van der Waals surface area contributed by atoms with Gasteiger partial charge in [0.25, 0.3) is 0 Å². The Morgan fingerprint density at radius 2 is 1.78 bits per heavy atom. The van der Waals surface area contributed by atoms with Crippen molar-refractivity contribution in [3.8, 4) is 0 Å². The zero-order valence-corrected chi connectivity index (χ0v) is 10.3. The Morgan fingerprint density at radius 3 is 2.67 bits per heavy atom. The van der Waals surface area contributed by atoms with E-state index in [0.717, 1.165) is 25.3 Å². The molecule has 0 bridgehead atoms. The summed E-state index contributed by atoms with van der Waals surface area (Å²) in [7, 11) is 0. The molecule has 2 heteroatoms. The van der Waals surface area contributed by atoms with E-state index in [9.17, 15) is 0 Å². The maximum Gasteiger partial charge on any atom is 0.0999 e. The summed E-state index contributed by atoms with van der Waals surface area (Å²) < 4.78 is 5.86. The highest BCUT2D eigenvalue weighted by Crippen LogP contribution is 2.27. The van der Waals surface area contributed by atoms with Gasteiger partial charge in [-0.15, -0.1) is 0 Å². The Kier molecular flexibility index (Phi) is 3.29. The fraction of sp³-hybridized carbons (Fsp3) is 0.250. The topological polar surface area (TPSA) is 21.3 Å². The number of para-hydroxylation sites is 1. The van der Waals surface area contributed by atoms with Crippen molar-refractivity contribution >= 4 is 5.69 Å². The van der Waals surface area contributed by atoms with E-state index >= 15 is 0 Å². The first-order chi connectivity index (χ1) is 8.93. The second kappa shape index (κ2) is 5.23. The molecule has 0 spiro atoms. The van der Waals surface area contributed by atoms with E-state index in [0.29, 0.717) is 0 Å². The van der Waals surface area contributed by atoms with Crippen molar-refractivity contribution in [2.24, 2.45) is 0 Å². The molecule has 1 atom stereocenters. The predicted octanol–water partition coefficient (Wildman–Crippen LogP) is 3.41. The third-order valence-corrected chi connectivity index (χ3v) is 3.36. The van der Waals surface area contributed by atoms with Crippen LogP contribution in [-0.4, -0.2) is 13.2 Å². The largest absolute Gasteiger partial charge is 0.382 e. The molecule has 1 N–H and O–H groups in total. The first kappa shape index (κ1) is 11.3. The summed E-state index contributed by atoms with van der Waals surface area (Å²) in [4.78, 5) is 0. The smallest absolute Gasteiger partial charge is 0.0999 e. The van der Waals surface area contributed by atoms with Crippen molar-refractivity contribution in [3.63, 3.8) is 0 Å². The minimum Gasteiger partial charge on any atom is -0.382 e. The lowest BCUT2D eigenvalue weighted by Gasteiger charge is -2.26. The average molecular weight is 239 g/mol. The van der Waals surface area contributed by atoms with Gasteiger partial charge in [0.05, 0.1) is 12.7 Å². The molecule has 3 rings (SSSR count). The molecule has 0 amide bonds. The Labute approximate surface area is 108 Å². The molecule has 92 valence electrons. The van der Waals surface area contributed by atoms with E-state index in [1.165, 1.54) is 11.1 Å². The highest BCUT2D eigenvalue weighted by Gasteiger charge is 2.19. The second-order valence-corrected chi connectivity index (χ2v) is 4.56. The number of benzene rings is 2. The second-order valence-electron chi connectivity index (χ2n) is 4.56. The number of rotatable bonds is 3. The number of hydrogen-bond acceptors (Lipinski definition) is 2. The monoisotopic (exact) mass is 239 g/mol. The van der Waals surface area contributed by atoms with Gasteiger partial charge in [0, 0.05) is 12.2 Å². The molecule has 0 fully saturated rings. The quantitative estimate of drug-likeness (QED) is 0.886. The molecule has 0 saturated heterocycles. The maximum atomic E-state index is 5.86. The predicted molar refractivity (Wildman–Crippen MR) is 73.8 cm³/mol. The summed E-state index contributed by atoms with van der Waals surface area (Å²) in [6.45, 7) is 1.64. The van der Waals surface area contributed by atoms with Gasteiger partial charge in [0.15, 0.2) is 0 Å². The molecule has 0 saturated carbocycles. The SMILES string of the molecule is c1ccc(NCC2OCCc3ccccc32)cc1. The summed E-state index contributed by atoms with van der Waals surface area (Å²) in [6.07, 6.45) is 1.19. The van der Waals surface area contributed by atoms with Crippen LogP contribution < -0.4 is 5.32 Å². The summed E-state index contributed by atoms with van der Waals surface area (Å²) in [5.41, 5.74) is 3.89. The zero-order valence-electron chi connectivity index (χ0n) is 10.3. The lowest BCUT2D eigenvalue weighted by Crippen LogP contribution is -2.22. The van der Waals surface area contributed by atoms with Crippen LogP contribution in [0.2, 0.25) is 0 Å². The lowest BCUT2D eigenvalue weighted by molar-refractivity contribution is 0.0513. The van der Waals surface area contributed by atoms with Crippen LogP contribution in [0.3, 0.4) is 0 Å². The Balaban J connectivity index is 1.71. The number of anilines is 1. The van der Waals surface area contributed by atoms with Crippen molar-refractivity contribution in [1.29, 1.82) is 0 Å². The average Bonchev–Trinajstić information content (AvgIpc) is 2.46. The minimum absolute atomic E-state index is 0.162. The van der Waals surface area contributed by atoms with Crippen molar-refractivity contribution in [2.45, 2.75) is 12.5 Å². The summed E-state index contributed by atoms with van der Waals surface area (Å²) >= 11 is 0. The standard InChI is InChI=1S/C16H17NO/c1-2-7-14(8-3-1)17-12-16-15-9-5-4-6-13(15)10-11-18-16/h1-9,16-17H,10-12H2. The molecule has 2 nitrogen and oxygen atoms in total. The molecular weight excluding hydrogens is 222 g/mol. The zero-order chi connectivity index (χ0) is 12.2. The molecule has 1 heterocycles. The summed E-state index contributed by atoms with van der Waals surface area (Å²) in [5, 5.41) is 3.43. The van der Waals surface area contributed by atoms with Crippen LogP contribution in [-0.2, 0) is 11.2 Å². The number of hydrogen-bond donors (Lipinski definition) is 1. The van der Waals surface area contributed by atoms with E-state index in [1.54, 1.807) is 0 Å². The van der Waals surface area contributed by atoms with Crippen LogP contribution in [0, 0.1) is 0 Å².